The molecule has 0 fully saturated rings. The van der Waals surface area contributed by atoms with E-state index < -0.39 is 17.2 Å². The zero-order chi connectivity index (χ0) is 14.0. The maximum atomic E-state index is 13.9. The van der Waals surface area contributed by atoms with E-state index in [1.54, 1.807) is 6.20 Å². The SMILES string of the molecule is N#Cc1c(F)cc(Br)c(NCc2cnc(Cl)s2)c1F. The zero-order valence-electron chi connectivity index (χ0n) is 9.18. The molecule has 1 aromatic carbocycles. The van der Waals surface area contributed by atoms with Gasteiger partial charge in [-0.15, -0.1) is 11.3 Å². The van der Waals surface area contributed by atoms with E-state index in [0.717, 1.165) is 10.9 Å². The molecule has 1 N–H and O–H groups in total. The summed E-state index contributed by atoms with van der Waals surface area (Å²) in [6.45, 7) is 0.274. The van der Waals surface area contributed by atoms with Crippen molar-refractivity contribution in [2.24, 2.45) is 0 Å². The van der Waals surface area contributed by atoms with Crippen molar-refractivity contribution in [2.45, 2.75) is 6.54 Å². The smallest absolute Gasteiger partial charge is 0.183 e. The van der Waals surface area contributed by atoms with E-state index in [1.165, 1.54) is 17.4 Å². The molecular formula is C11H5BrClF2N3S. The molecule has 0 bridgehead atoms. The Morgan fingerprint density at radius 2 is 2.26 bits per heavy atom. The minimum atomic E-state index is -0.926. The van der Waals surface area contributed by atoms with E-state index in [0.29, 0.717) is 4.47 Å². The van der Waals surface area contributed by atoms with Gasteiger partial charge in [0.05, 0.1) is 12.2 Å². The molecular weight excluding hydrogens is 360 g/mol. The van der Waals surface area contributed by atoms with Gasteiger partial charge < -0.3 is 5.32 Å². The molecule has 2 rings (SSSR count). The van der Waals surface area contributed by atoms with Gasteiger partial charge in [-0.05, 0) is 22.0 Å². The van der Waals surface area contributed by atoms with Gasteiger partial charge in [-0.2, -0.15) is 5.26 Å². The Hall–Kier alpha value is -1.23. The molecule has 0 saturated heterocycles. The molecule has 0 amide bonds. The number of halogens is 4. The molecule has 8 heteroatoms. The van der Waals surface area contributed by atoms with Crippen LogP contribution < -0.4 is 5.32 Å². The van der Waals surface area contributed by atoms with Gasteiger partial charge in [0.2, 0.25) is 0 Å². The quantitative estimate of drug-likeness (QED) is 0.882. The monoisotopic (exact) mass is 363 g/mol. The highest BCUT2D eigenvalue weighted by Gasteiger charge is 2.17. The molecule has 0 saturated carbocycles. The van der Waals surface area contributed by atoms with E-state index in [1.807, 2.05) is 0 Å². The zero-order valence-corrected chi connectivity index (χ0v) is 12.3. The highest BCUT2D eigenvalue weighted by molar-refractivity contribution is 9.10. The fourth-order valence-corrected chi connectivity index (χ4v) is 2.83. The lowest BCUT2D eigenvalue weighted by Crippen LogP contribution is -2.04. The van der Waals surface area contributed by atoms with Crippen molar-refractivity contribution < 1.29 is 8.78 Å². The largest absolute Gasteiger partial charge is 0.377 e. The predicted molar refractivity (Wildman–Crippen MR) is 73.2 cm³/mol. The number of nitriles is 1. The first kappa shape index (κ1) is 14.2. The van der Waals surface area contributed by atoms with Gasteiger partial charge >= 0.3 is 0 Å². The average Bonchev–Trinajstić information content (AvgIpc) is 2.75. The number of thiazole rings is 1. The third-order valence-corrected chi connectivity index (χ3v) is 3.99. The summed E-state index contributed by atoms with van der Waals surface area (Å²) in [5.41, 5.74) is -0.587. The first-order valence-electron chi connectivity index (χ1n) is 4.94. The molecule has 0 radical (unpaired) electrons. The number of nitrogens with one attached hydrogen (secondary N) is 1. The van der Waals surface area contributed by atoms with Gasteiger partial charge in [-0.25, -0.2) is 13.8 Å². The van der Waals surface area contributed by atoms with Crippen molar-refractivity contribution in [1.82, 2.24) is 4.98 Å². The van der Waals surface area contributed by atoms with Crippen molar-refractivity contribution >= 4 is 44.6 Å². The molecule has 2 aromatic rings. The summed E-state index contributed by atoms with van der Waals surface area (Å²) < 4.78 is 27.8. The number of benzene rings is 1. The normalized spacial score (nSPS) is 10.3. The van der Waals surface area contributed by atoms with Crippen LogP contribution in [0.5, 0.6) is 0 Å². The van der Waals surface area contributed by atoms with Crippen LogP contribution in [0.25, 0.3) is 0 Å². The summed E-state index contributed by atoms with van der Waals surface area (Å²) in [6.07, 6.45) is 1.56. The van der Waals surface area contributed by atoms with Crippen LogP contribution in [0.1, 0.15) is 10.4 Å². The molecule has 0 atom stereocenters. The van der Waals surface area contributed by atoms with Gasteiger partial charge in [0.25, 0.3) is 0 Å². The predicted octanol–water partition coefficient (Wildman–Crippen LogP) is 4.32. The number of rotatable bonds is 3. The molecule has 3 nitrogen and oxygen atoms in total. The first-order valence-corrected chi connectivity index (χ1v) is 6.93. The lowest BCUT2D eigenvalue weighted by molar-refractivity contribution is 0.577. The van der Waals surface area contributed by atoms with E-state index >= 15 is 0 Å². The van der Waals surface area contributed by atoms with Gasteiger partial charge in [0, 0.05) is 15.5 Å². The Bertz CT molecular complexity index is 669. The molecule has 0 aliphatic heterocycles. The molecule has 0 aliphatic carbocycles. The van der Waals surface area contributed by atoms with Crippen LogP contribution in [0.4, 0.5) is 14.5 Å². The van der Waals surface area contributed by atoms with Crippen molar-refractivity contribution in [3.8, 4) is 6.07 Å². The Balaban J connectivity index is 2.28. The molecule has 1 aromatic heterocycles. The van der Waals surface area contributed by atoms with Crippen LogP contribution in [-0.2, 0) is 6.54 Å². The van der Waals surface area contributed by atoms with Gasteiger partial charge in [-0.3, -0.25) is 0 Å². The Morgan fingerprint density at radius 1 is 1.53 bits per heavy atom. The first-order chi connectivity index (χ1) is 9.02. The summed E-state index contributed by atoms with van der Waals surface area (Å²) in [5, 5.41) is 11.5. The number of hydrogen-bond acceptors (Lipinski definition) is 4. The van der Waals surface area contributed by atoms with Crippen LogP contribution in [0.3, 0.4) is 0 Å². The maximum absolute atomic E-state index is 13.9. The minimum Gasteiger partial charge on any atom is -0.377 e. The van der Waals surface area contributed by atoms with Crippen molar-refractivity contribution in [3.05, 3.63) is 43.3 Å². The van der Waals surface area contributed by atoms with E-state index in [2.05, 4.69) is 26.2 Å². The van der Waals surface area contributed by atoms with Crippen LogP contribution >= 0.6 is 38.9 Å². The lowest BCUT2D eigenvalue weighted by atomic mass is 10.2. The van der Waals surface area contributed by atoms with Crippen LogP contribution in [-0.4, -0.2) is 4.98 Å². The lowest BCUT2D eigenvalue weighted by Gasteiger charge is -2.10. The molecule has 19 heavy (non-hydrogen) atoms. The third kappa shape index (κ3) is 3.03. The Morgan fingerprint density at radius 3 is 2.84 bits per heavy atom. The summed E-state index contributed by atoms with van der Waals surface area (Å²) >= 11 is 9.97. The maximum Gasteiger partial charge on any atom is 0.183 e. The summed E-state index contributed by atoms with van der Waals surface area (Å²) in [7, 11) is 0. The average molecular weight is 365 g/mol. The number of nitrogens with zero attached hydrogens (tertiary/aromatic N) is 2. The summed E-state index contributed by atoms with van der Waals surface area (Å²) in [6, 6.07) is 2.54. The second kappa shape index (κ2) is 5.82. The number of aromatic nitrogens is 1. The second-order valence-corrected chi connectivity index (χ2v) is 6.00. The molecule has 98 valence electrons. The van der Waals surface area contributed by atoms with Crippen LogP contribution in [0.15, 0.2) is 16.7 Å². The van der Waals surface area contributed by atoms with Crippen LogP contribution in [0, 0.1) is 23.0 Å². The van der Waals surface area contributed by atoms with E-state index in [9.17, 15) is 8.78 Å². The second-order valence-electron chi connectivity index (χ2n) is 3.45. The van der Waals surface area contributed by atoms with Crippen LogP contribution in [0.2, 0.25) is 4.47 Å². The number of anilines is 1. The highest BCUT2D eigenvalue weighted by atomic mass is 79.9. The Kier molecular flexibility index (Phi) is 4.34. The standard InChI is InChI=1S/C11H5BrClF2N3S/c12-7-1-8(14)6(2-16)9(15)10(7)17-3-5-4-18-11(13)19-5/h1,4,17H,3H2. The minimum absolute atomic E-state index is 0.0301. The fraction of sp³-hybridized carbons (Fsp3) is 0.0909. The topological polar surface area (TPSA) is 48.7 Å². The molecule has 0 spiro atoms. The summed E-state index contributed by atoms with van der Waals surface area (Å²) in [5.74, 6) is -1.83. The van der Waals surface area contributed by atoms with E-state index in [4.69, 9.17) is 16.9 Å². The van der Waals surface area contributed by atoms with Gasteiger partial charge in [0.1, 0.15) is 17.4 Å². The molecule has 1 heterocycles. The van der Waals surface area contributed by atoms with Crippen molar-refractivity contribution in [2.75, 3.05) is 5.32 Å². The van der Waals surface area contributed by atoms with Gasteiger partial charge in [-0.1, -0.05) is 11.6 Å². The van der Waals surface area contributed by atoms with E-state index in [-0.39, 0.29) is 16.7 Å². The molecule has 0 unspecified atom stereocenters. The summed E-state index contributed by atoms with van der Waals surface area (Å²) in [4.78, 5) is 4.64. The number of hydrogen-bond donors (Lipinski definition) is 1. The highest BCUT2D eigenvalue weighted by Crippen LogP contribution is 2.30. The Labute approximate surface area is 125 Å². The van der Waals surface area contributed by atoms with Gasteiger partial charge in [0.15, 0.2) is 10.3 Å². The van der Waals surface area contributed by atoms with Crippen molar-refractivity contribution in [1.29, 1.82) is 5.26 Å². The molecule has 0 aliphatic rings. The van der Waals surface area contributed by atoms with Crippen molar-refractivity contribution in [3.63, 3.8) is 0 Å². The fourth-order valence-electron chi connectivity index (χ4n) is 1.40. The third-order valence-electron chi connectivity index (χ3n) is 2.25.